The summed E-state index contributed by atoms with van der Waals surface area (Å²) < 4.78 is 9.20. The molecule has 31 heavy (non-hydrogen) atoms. The third-order valence-corrected chi connectivity index (χ3v) is 5.35. The van der Waals surface area contributed by atoms with Gasteiger partial charge in [0, 0.05) is 23.7 Å². The van der Waals surface area contributed by atoms with Gasteiger partial charge in [0.2, 0.25) is 5.88 Å². The second-order valence-corrected chi connectivity index (χ2v) is 7.66. The molecule has 1 unspecified atom stereocenters. The number of amidine groups is 1. The predicted octanol–water partition coefficient (Wildman–Crippen LogP) is 3.15. The molecule has 1 N–H and O–H groups in total. The van der Waals surface area contributed by atoms with Crippen LogP contribution in [0.1, 0.15) is 23.1 Å². The van der Waals surface area contributed by atoms with Crippen molar-refractivity contribution in [3.05, 3.63) is 65.0 Å². The number of nitrogens with zero attached hydrogens (tertiary/aromatic N) is 6. The van der Waals surface area contributed by atoms with Gasteiger partial charge in [0.1, 0.15) is 24.0 Å². The minimum atomic E-state index is -0.304. The van der Waals surface area contributed by atoms with Crippen LogP contribution >= 0.6 is 11.6 Å². The van der Waals surface area contributed by atoms with Crippen molar-refractivity contribution in [1.29, 1.82) is 0 Å². The van der Waals surface area contributed by atoms with E-state index in [4.69, 9.17) is 26.2 Å². The van der Waals surface area contributed by atoms with Gasteiger partial charge < -0.3 is 9.30 Å². The van der Waals surface area contributed by atoms with Gasteiger partial charge in [-0.1, -0.05) is 11.6 Å². The van der Waals surface area contributed by atoms with Crippen molar-refractivity contribution in [2.24, 2.45) is 12.0 Å². The minimum Gasteiger partial charge on any atom is -0.479 e. The Kier molecular flexibility index (Phi) is 4.84. The topological polar surface area (TPSA) is 91.4 Å². The lowest BCUT2D eigenvalue weighted by molar-refractivity contribution is 0.0614. The number of fused-ring (bicyclic) bond motifs is 1. The molecule has 0 amide bonds. The fraction of sp³-hybridized carbons (Fsp3) is 0.238. The molecule has 3 aromatic heterocycles. The first-order chi connectivity index (χ1) is 15.0. The summed E-state index contributed by atoms with van der Waals surface area (Å²) >= 11 is 6.22. The van der Waals surface area contributed by atoms with Crippen LogP contribution in [-0.2, 0) is 11.9 Å². The van der Waals surface area contributed by atoms with E-state index < -0.39 is 0 Å². The minimum absolute atomic E-state index is 0.304. The lowest BCUT2D eigenvalue weighted by atomic mass is 10.1. The molecule has 1 atom stereocenters. The fourth-order valence-electron chi connectivity index (χ4n) is 3.64. The Balaban J connectivity index is 1.53. The predicted molar refractivity (Wildman–Crippen MR) is 117 cm³/mol. The third kappa shape index (κ3) is 3.51. The first kappa shape index (κ1) is 19.5. The number of hydroxylamine groups is 1. The average molecular weight is 438 g/mol. The quantitative estimate of drug-likeness (QED) is 0.527. The Morgan fingerprint density at radius 2 is 2.13 bits per heavy atom. The second-order valence-electron chi connectivity index (χ2n) is 7.22. The van der Waals surface area contributed by atoms with E-state index in [1.54, 1.807) is 13.4 Å². The Morgan fingerprint density at radius 3 is 2.90 bits per heavy atom. The van der Waals surface area contributed by atoms with Crippen LogP contribution in [0.5, 0.6) is 5.88 Å². The number of hydrogen-bond acceptors (Lipinski definition) is 7. The number of aryl methyl sites for hydroxylation is 2. The summed E-state index contributed by atoms with van der Waals surface area (Å²) in [5.41, 5.74) is 6.94. The number of nitrogens with one attached hydrogen (secondary N) is 1. The molecule has 9 nitrogen and oxygen atoms in total. The molecule has 0 radical (unpaired) electrons. The van der Waals surface area contributed by atoms with Crippen LogP contribution in [0.4, 0.5) is 0 Å². The SMILES string of the molecule is COc1nc(C2=NC(c3nn(C)c4ccc(Cl)cc34)CON2)ccc1-n1cnc(C)c1. The third-order valence-electron chi connectivity index (χ3n) is 5.12. The molecule has 0 saturated heterocycles. The second kappa shape index (κ2) is 7.68. The molecule has 1 aliphatic heterocycles. The monoisotopic (exact) mass is 437 g/mol. The number of aliphatic imine (C=N–C) groups is 1. The molecule has 0 spiro atoms. The number of hydrogen-bond donors (Lipinski definition) is 1. The maximum atomic E-state index is 6.22. The van der Waals surface area contributed by atoms with Crippen LogP contribution in [0.3, 0.4) is 0 Å². The van der Waals surface area contributed by atoms with Gasteiger partial charge in [0.25, 0.3) is 0 Å². The summed E-state index contributed by atoms with van der Waals surface area (Å²) in [6.45, 7) is 2.27. The zero-order valence-electron chi connectivity index (χ0n) is 17.2. The van der Waals surface area contributed by atoms with E-state index in [2.05, 4.69) is 20.5 Å². The zero-order valence-corrected chi connectivity index (χ0v) is 18.0. The van der Waals surface area contributed by atoms with E-state index in [0.29, 0.717) is 29.0 Å². The highest BCUT2D eigenvalue weighted by Crippen LogP contribution is 2.30. The standard InChI is InChI=1S/C21H20ClN7O2/c1-12-9-29(11-23-12)18-7-5-15(25-21(18)30-3)20-24-16(10-31-27-20)19-14-8-13(22)4-6-17(14)28(2)26-19/h4-9,11,16H,10H2,1-3H3,(H,24,27). The number of halogens is 1. The van der Waals surface area contributed by atoms with Gasteiger partial charge in [-0.25, -0.2) is 15.4 Å². The molecule has 4 aromatic rings. The number of benzene rings is 1. The summed E-state index contributed by atoms with van der Waals surface area (Å²) in [7, 11) is 3.48. The van der Waals surface area contributed by atoms with Gasteiger partial charge in [-0.3, -0.25) is 14.5 Å². The van der Waals surface area contributed by atoms with E-state index in [1.807, 2.05) is 59.7 Å². The van der Waals surface area contributed by atoms with Crippen LogP contribution in [0, 0.1) is 6.92 Å². The molecule has 1 aliphatic rings. The van der Waals surface area contributed by atoms with E-state index in [-0.39, 0.29) is 6.04 Å². The fourth-order valence-corrected chi connectivity index (χ4v) is 3.81. The van der Waals surface area contributed by atoms with Crippen molar-refractivity contribution >= 4 is 28.3 Å². The van der Waals surface area contributed by atoms with Crippen LogP contribution in [0.2, 0.25) is 5.02 Å². The number of imidazole rings is 1. The van der Waals surface area contributed by atoms with Gasteiger partial charge in [-0.15, -0.1) is 0 Å². The maximum Gasteiger partial charge on any atom is 0.238 e. The van der Waals surface area contributed by atoms with Crippen LogP contribution in [-0.4, -0.2) is 43.9 Å². The summed E-state index contributed by atoms with van der Waals surface area (Å²) in [5.74, 6) is 0.959. The Hall–Kier alpha value is -3.43. The van der Waals surface area contributed by atoms with Gasteiger partial charge >= 0.3 is 0 Å². The van der Waals surface area contributed by atoms with Crippen molar-refractivity contribution < 1.29 is 9.57 Å². The molecule has 0 aliphatic carbocycles. The first-order valence-corrected chi connectivity index (χ1v) is 10.1. The molecule has 1 aromatic carbocycles. The summed E-state index contributed by atoms with van der Waals surface area (Å²) in [6.07, 6.45) is 3.63. The molecular weight excluding hydrogens is 418 g/mol. The number of rotatable bonds is 4. The molecule has 0 saturated carbocycles. The van der Waals surface area contributed by atoms with Gasteiger partial charge in [-0.05, 0) is 37.3 Å². The Labute approximate surface area is 183 Å². The average Bonchev–Trinajstić information content (AvgIpc) is 3.36. The van der Waals surface area contributed by atoms with E-state index in [0.717, 1.165) is 28.0 Å². The van der Waals surface area contributed by atoms with Crippen LogP contribution in [0.15, 0.2) is 47.8 Å². The smallest absolute Gasteiger partial charge is 0.238 e. The highest BCUT2D eigenvalue weighted by atomic mass is 35.5. The van der Waals surface area contributed by atoms with Crippen molar-refractivity contribution in [3.63, 3.8) is 0 Å². The number of ether oxygens (including phenoxy) is 1. The maximum absolute atomic E-state index is 6.22. The molecule has 4 heterocycles. The summed E-state index contributed by atoms with van der Waals surface area (Å²) in [4.78, 5) is 19.3. The van der Waals surface area contributed by atoms with Gasteiger partial charge in [-0.2, -0.15) is 5.10 Å². The molecule has 0 bridgehead atoms. The number of aromatic nitrogens is 5. The summed E-state index contributed by atoms with van der Waals surface area (Å²) in [5, 5.41) is 6.26. The normalized spacial score (nSPS) is 16.3. The highest BCUT2D eigenvalue weighted by Gasteiger charge is 2.25. The first-order valence-electron chi connectivity index (χ1n) is 9.67. The molecular formula is C21H20ClN7O2. The van der Waals surface area contributed by atoms with Crippen molar-refractivity contribution in [1.82, 2.24) is 29.8 Å². The van der Waals surface area contributed by atoms with Gasteiger partial charge in [0.05, 0.1) is 30.3 Å². The number of pyridine rings is 1. The van der Waals surface area contributed by atoms with Gasteiger partial charge in [0.15, 0.2) is 5.84 Å². The molecule has 10 heteroatoms. The van der Waals surface area contributed by atoms with Crippen molar-refractivity contribution in [2.45, 2.75) is 13.0 Å². The number of methoxy groups -OCH3 is 1. The van der Waals surface area contributed by atoms with Crippen LogP contribution in [0.25, 0.3) is 16.6 Å². The summed E-state index contributed by atoms with van der Waals surface area (Å²) in [6, 6.07) is 9.16. The van der Waals surface area contributed by atoms with Crippen molar-refractivity contribution in [3.8, 4) is 11.6 Å². The zero-order chi connectivity index (χ0) is 21.5. The Morgan fingerprint density at radius 1 is 1.26 bits per heavy atom. The highest BCUT2D eigenvalue weighted by molar-refractivity contribution is 6.31. The lowest BCUT2D eigenvalue weighted by Crippen LogP contribution is -2.33. The Bertz CT molecular complexity index is 1310. The largest absolute Gasteiger partial charge is 0.479 e. The van der Waals surface area contributed by atoms with E-state index in [9.17, 15) is 0 Å². The molecule has 5 rings (SSSR count). The van der Waals surface area contributed by atoms with E-state index >= 15 is 0 Å². The van der Waals surface area contributed by atoms with Crippen molar-refractivity contribution in [2.75, 3.05) is 13.7 Å². The van der Waals surface area contributed by atoms with E-state index in [1.165, 1.54) is 0 Å². The molecule has 0 fully saturated rings. The molecule has 158 valence electrons. The van der Waals surface area contributed by atoms with Crippen LogP contribution < -0.4 is 10.2 Å². The lowest BCUT2D eigenvalue weighted by Gasteiger charge is -2.21.